The van der Waals surface area contributed by atoms with Gasteiger partial charge in [0.05, 0.1) is 15.9 Å². The minimum Gasteiger partial charge on any atom is -0.433 e. The Kier molecular flexibility index (Phi) is 3.76. The van der Waals surface area contributed by atoms with Gasteiger partial charge in [-0.25, -0.2) is 4.98 Å². The van der Waals surface area contributed by atoms with Crippen molar-refractivity contribution in [3.63, 3.8) is 0 Å². The Bertz CT molecular complexity index is 557. The van der Waals surface area contributed by atoms with Crippen LogP contribution in [0.15, 0.2) is 29.0 Å². The van der Waals surface area contributed by atoms with E-state index in [1.54, 1.807) is 18.2 Å². The summed E-state index contributed by atoms with van der Waals surface area (Å²) in [5.41, 5.74) is 6.48. The van der Waals surface area contributed by atoms with Crippen LogP contribution in [0.25, 0.3) is 0 Å². The minimum absolute atomic E-state index is 0.125. The highest BCUT2D eigenvalue weighted by atomic mass is 79.9. The average Bonchev–Trinajstić information content (AvgIpc) is 2.36. The van der Waals surface area contributed by atoms with Crippen molar-refractivity contribution in [3.8, 4) is 11.6 Å². The predicted molar refractivity (Wildman–Crippen MR) is 70.0 cm³/mol. The third-order valence-corrected chi connectivity index (χ3v) is 2.99. The first kappa shape index (κ1) is 12.8. The summed E-state index contributed by atoms with van der Waals surface area (Å²) in [5, 5.41) is 0. The lowest BCUT2D eigenvalue weighted by atomic mass is 10.3. The molecule has 0 atom stereocenters. The fourth-order valence-corrected chi connectivity index (χ4v) is 1.90. The van der Waals surface area contributed by atoms with Crippen molar-refractivity contribution in [1.29, 1.82) is 0 Å². The molecule has 0 fully saturated rings. The molecule has 0 aliphatic rings. The number of hydrogen-bond acceptors (Lipinski definition) is 4. The van der Waals surface area contributed by atoms with Crippen LogP contribution in [0.3, 0.4) is 0 Å². The van der Waals surface area contributed by atoms with Crippen LogP contribution in [-0.2, 0) is 6.42 Å². The number of benzene rings is 1. The second-order valence-corrected chi connectivity index (χ2v) is 4.41. The molecule has 2 N–H and O–H groups in total. The largest absolute Gasteiger partial charge is 0.433 e. The van der Waals surface area contributed by atoms with Gasteiger partial charge < -0.3 is 10.5 Å². The molecule has 0 spiro atoms. The van der Waals surface area contributed by atoms with E-state index in [9.17, 15) is 4.39 Å². The lowest BCUT2D eigenvalue weighted by Crippen LogP contribution is -2.01. The number of aryl methyl sites for hydroxylation is 1. The Morgan fingerprint density at radius 1 is 1.39 bits per heavy atom. The van der Waals surface area contributed by atoms with Gasteiger partial charge in [0.2, 0.25) is 5.82 Å². The molecule has 0 aliphatic heterocycles. The second kappa shape index (κ2) is 5.30. The summed E-state index contributed by atoms with van der Waals surface area (Å²) < 4.78 is 20.0. The Labute approximate surface area is 112 Å². The van der Waals surface area contributed by atoms with Crippen molar-refractivity contribution in [2.24, 2.45) is 0 Å². The van der Waals surface area contributed by atoms with Crippen LogP contribution in [0, 0.1) is 5.82 Å². The number of nitrogens with two attached hydrogens (primary N) is 1. The van der Waals surface area contributed by atoms with Crippen LogP contribution in [0.4, 0.5) is 10.1 Å². The first-order chi connectivity index (χ1) is 8.63. The van der Waals surface area contributed by atoms with E-state index >= 15 is 0 Å². The number of halogens is 2. The van der Waals surface area contributed by atoms with Crippen LogP contribution in [0.5, 0.6) is 11.6 Å². The lowest BCUT2D eigenvalue weighted by Gasteiger charge is -2.10. The molecule has 1 aromatic carbocycles. The van der Waals surface area contributed by atoms with E-state index in [1.807, 2.05) is 6.92 Å². The number of ether oxygens (including phenoxy) is 1. The quantitative estimate of drug-likeness (QED) is 0.883. The summed E-state index contributed by atoms with van der Waals surface area (Å²) in [7, 11) is 0. The molecule has 6 heteroatoms. The van der Waals surface area contributed by atoms with E-state index < -0.39 is 5.82 Å². The molecule has 1 heterocycles. The number of para-hydroxylation sites is 1. The van der Waals surface area contributed by atoms with Gasteiger partial charge in [-0.1, -0.05) is 13.0 Å². The Balaban J connectivity index is 2.40. The van der Waals surface area contributed by atoms with Gasteiger partial charge >= 0.3 is 0 Å². The molecule has 2 aromatic rings. The van der Waals surface area contributed by atoms with Crippen molar-refractivity contribution in [3.05, 3.63) is 40.5 Å². The summed E-state index contributed by atoms with van der Waals surface area (Å²) in [6.07, 6.45) is 1.74. The SMILES string of the molecule is CCc1ncnc(Oc2c(N)cccc2Br)c1F. The minimum atomic E-state index is -0.560. The molecule has 0 saturated heterocycles. The number of nitrogen functional groups attached to an aromatic ring is 1. The van der Waals surface area contributed by atoms with Crippen molar-refractivity contribution in [2.45, 2.75) is 13.3 Å². The third kappa shape index (κ3) is 2.43. The topological polar surface area (TPSA) is 61.0 Å². The Hall–Kier alpha value is -1.69. The van der Waals surface area contributed by atoms with E-state index in [4.69, 9.17) is 10.5 Å². The van der Waals surface area contributed by atoms with Gasteiger partial charge in [0, 0.05) is 0 Å². The average molecular weight is 312 g/mol. The predicted octanol–water partition coefficient (Wildman–Crippen LogP) is 3.32. The van der Waals surface area contributed by atoms with Crippen molar-refractivity contribution in [1.82, 2.24) is 9.97 Å². The van der Waals surface area contributed by atoms with E-state index in [1.165, 1.54) is 6.33 Å². The zero-order valence-electron chi connectivity index (χ0n) is 9.65. The molecule has 0 bridgehead atoms. The molecule has 0 aliphatic carbocycles. The maximum Gasteiger partial charge on any atom is 0.259 e. The van der Waals surface area contributed by atoms with Crippen molar-refractivity contribution >= 4 is 21.6 Å². The summed E-state index contributed by atoms with van der Waals surface area (Å²) in [5.74, 6) is -0.340. The highest BCUT2D eigenvalue weighted by Crippen LogP contribution is 2.35. The van der Waals surface area contributed by atoms with Crippen LogP contribution in [0.2, 0.25) is 0 Å². The zero-order chi connectivity index (χ0) is 13.1. The number of anilines is 1. The highest BCUT2D eigenvalue weighted by Gasteiger charge is 2.14. The van der Waals surface area contributed by atoms with Crippen molar-refractivity contribution in [2.75, 3.05) is 5.73 Å². The van der Waals surface area contributed by atoms with E-state index in [-0.39, 0.29) is 5.88 Å². The number of aromatic nitrogens is 2. The summed E-state index contributed by atoms with van der Waals surface area (Å²) >= 11 is 3.29. The molecular weight excluding hydrogens is 301 g/mol. The molecule has 4 nitrogen and oxygen atoms in total. The van der Waals surface area contributed by atoms with Gasteiger partial charge in [-0.05, 0) is 34.5 Å². The second-order valence-electron chi connectivity index (χ2n) is 3.55. The monoisotopic (exact) mass is 311 g/mol. The standard InChI is InChI=1S/C12H11BrFN3O/c1-2-9-10(14)12(17-6-16-9)18-11-7(13)4-3-5-8(11)15/h3-6H,2,15H2,1H3. The van der Waals surface area contributed by atoms with Gasteiger partial charge in [-0.3, -0.25) is 0 Å². The van der Waals surface area contributed by atoms with E-state index in [0.717, 1.165) is 0 Å². The Morgan fingerprint density at radius 2 is 2.17 bits per heavy atom. The van der Waals surface area contributed by atoms with Gasteiger partial charge in [0.1, 0.15) is 6.33 Å². The molecule has 2 rings (SSSR count). The van der Waals surface area contributed by atoms with Crippen LogP contribution < -0.4 is 10.5 Å². The van der Waals surface area contributed by atoms with Crippen LogP contribution in [0.1, 0.15) is 12.6 Å². The lowest BCUT2D eigenvalue weighted by molar-refractivity contribution is 0.415. The zero-order valence-corrected chi connectivity index (χ0v) is 11.2. The van der Waals surface area contributed by atoms with E-state index in [2.05, 4.69) is 25.9 Å². The Morgan fingerprint density at radius 3 is 2.83 bits per heavy atom. The number of nitrogens with zero attached hydrogens (tertiary/aromatic N) is 2. The first-order valence-corrected chi connectivity index (χ1v) is 6.14. The molecule has 0 unspecified atom stereocenters. The molecule has 0 radical (unpaired) electrons. The fourth-order valence-electron chi connectivity index (χ4n) is 1.44. The maximum atomic E-state index is 13.9. The molecule has 1 aromatic heterocycles. The number of hydrogen-bond donors (Lipinski definition) is 1. The highest BCUT2D eigenvalue weighted by molar-refractivity contribution is 9.10. The molecule has 94 valence electrons. The van der Waals surface area contributed by atoms with Crippen LogP contribution in [-0.4, -0.2) is 9.97 Å². The smallest absolute Gasteiger partial charge is 0.259 e. The first-order valence-electron chi connectivity index (χ1n) is 5.34. The van der Waals surface area contributed by atoms with Gasteiger partial charge in [0.15, 0.2) is 5.75 Å². The normalized spacial score (nSPS) is 10.4. The molecule has 18 heavy (non-hydrogen) atoms. The molecule has 0 amide bonds. The van der Waals surface area contributed by atoms with Gasteiger partial charge in [0.25, 0.3) is 5.88 Å². The molecule has 0 saturated carbocycles. The van der Waals surface area contributed by atoms with Gasteiger partial charge in [-0.15, -0.1) is 0 Å². The summed E-state index contributed by atoms with van der Waals surface area (Å²) in [4.78, 5) is 7.61. The van der Waals surface area contributed by atoms with Crippen molar-refractivity contribution < 1.29 is 9.13 Å². The third-order valence-electron chi connectivity index (χ3n) is 2.36. The van der Waals surface area contributed by atoms with E-state index in [0.29, 0.717) is 28.0 Å². The maximum absolute atomic E-state index is 13.9. The molecular formula is C12H11BrFN3O. The fraction of sp³-hybridized carbons (Fsp3) is 0.167. The summed E-state index contributed by atoms with van der Waals surface area (Å²) in [6, 6.07) is 5.19. The van der Waals surface area contributed by atoms with Gasteiger partial charge in [-0.2, -0.15) is 9.37 Å². The number of rotatable bonds is 3. The summed E-state index contributed by atoms with van der Waals surface area (Å²) in [6.45, 7) is 1.81. The van der Waals surface area contributed by atoms with Crippen LogP contribution >= 0.6 is 15.9 Å².